The largest absolute Gasteiger partial charge is 0.481 e. The Kier molecular flexibility index (Phi) is 4.89. The van der Waals surface area contributed by atoms with E-state index >= 15 is 0 Å². The van der Waals surface area contributed by atoms with Crippen molar-refractivity contribution in [1.29, 1.82) is 0 Å². The number of carboxylic acid groups (broad SMARTS) is 1. The van der Waals surface area contributed by atoms with Crippen molar-refractivity contribution in [2.45, 2.75) is 32.3 Å². The van der Waals surface area contributed by atoms with Crippen molar-refractivity contribution in [3.05, 3.63) is 48.0 Å². The second-order valence-corrected chi connectivity index (χ2v) is 6.34. The van der Waals surface area contributed by atoms with Gasteiger partial charge in [-0.15, -0.1) is 0 Å². The standard InChI is InChI=1S/C18H21NO4/c1-18(2,3)23-17(22)19-11-15(16(20)21)14-10-6-8-12-7-4-5-9-13(12)14/h4-10,15H,11H2,1-3H3,(H,19,22)(H,20,21)/t15-/m0/s1. The first-order valence-electron chi connectivity index (χ1n) is 7.45. The summed E-state index contributed by atoms with van der Waals surface area (Å²) < 4.78 is 5.15. The molecule has 5 nitrogen and oxygen atoms in total. The van der Waals surface area contributed by atoms with Gasteiger partial charge in [-0.05, 0) is 37.1 Å². The quantitative estimate of drug-likeness (QED) is 0.905. The highest BCUT2D eigenvalue weighted by Gasteiger charge is 2.24. The number of carbonyl (C=O) groups is 2. The van der Waals surface area contributed by atoms with E-state index in [4.69, 9.17) is 4.74 Å². The molecule has 0 saturated heterocycles. The van der Waals surface area contributed by atoms with E-state index in [0.29, 0.717) is 5.56 Å². The summed E-state index contributed by atoms with van der Waals surface area (Å²) in [6.07, 6.45) is -0.621. The van der Waals surface area contributed by atoms with Gasteiger partial charge in [0.05, 0.1) is 5.92 Å². The zero-order chi connectivity index (χ0) is 17.0. The average Bonchev–Trinajstić information content (AvgIpc) is 2.45. The van der Waals surface area contributed by atoms with Gasteiger partial charge < -0.3 is 15.2 Å². The van der Waals surface area contributed by atoms with Crippen molar-refractivity contribution in [2.24, 2.45) is 0 Å². The molecular formula is C18H21NO4. The molecule has 0 radical (unpaired) electrons. The lowest BCUT2D eigenvalue weighted by Crippen LogP contribution is -2.36. The molecule has 0 aliphatic rings. The number of carbonyl (C=O) groups excluding carboxylic acids is 1. The van der Waals surface area contributed by atoms with Crippen molar-refractivity contribution >= 4 is 22.8 Å². The second-order valence-electron chi connectivity index (χ2n) is 6.34. The number of ether oxygens (including phenoxy) is 1. The molecule has 5 heteroatoms. The van der Waals surface area contributed by atoms with Crippen LogP contribution in [0.3, 0.4) is 0 Å². The molecule has 0 saturated carbocycles. The highest BCUT2D eigenvalue weighted by molar-refractivity contribution is 5.91. The van der Waals surface area contributed by atoms with Gasteiger partial charge in [0.2, 0.25) is 0 Å². The highest BCUT2D eigenvalue weighted by atomic mass is 16.6. The Morgan fingerprint density at radius 3 is 2.43 bits per heavy atom. The van der Waals surface area contributed by atoms with Gasteiger partial charge in [-0.2, -0.15) is 0 Å². The molecule has 0 fully saturated rings. The van der Waals surface area contributed by atoms with E-state index in [1.165, 1.54) is 0 Å². The lowest BCUT2D eigenvalue weighted by atomic mass is 9.93. The summed E-state index contributed by atoms with van der Waals surface area (Å²) >= 11 is 0. The van der Waals surface area contributed by atoms with Crippen LogP contribution in [0.25, 0.3) is 10.8 Å². The monoisotopic (exact) mass is 315 g/mol. The number of hydrogen-bond donors (Lipinski definition) is 2. The van der Waals surface area contributed by atoms with Crippen molar-refractivity contribution in [1.82, 2.24) is 5.32 Å². The second kappa shape index (κ2) is 6.69. The van der Waals surface area contributed by atoms with E-state index in [1.54, 1.807) is 26.8 Å². The molecule has 23 heavy (non-hydrogen) atoms. The predicted octanol–water partition coefficient (Wildman–Crippen LogP) is 3.53. The highest BCUT2D eigenvalue weighted by Crippen LogP contribution is 2.25. The molecule has 0 spiro atoms. The van der Waals surface area contributed by atoms with Crippen LogP contribution in [0.4, 0.5) is 4.79 Å². The van der Waals surface area contributed by atoms with Crippen molar-refractivity contribution in [3.63, 3.8) is 0 Å². The zero-order valence-electron chi connectivity index (χ0n) is 13.5. The molecule has 0 unspecified atom stereocenters. The Balaban J connectivity index is 2.22. The van der Waals surface area contributed by atoms with Crippen LogP contribution in [0.2, 0.25) is 0 Å². The minimum Gasteiger partial charge on any atom is -0.481 e. The summed E-state index contributed by atoms with van der Waals surface area (Å²) in [4.78, 5) is 23.4. The van der Waals surface area contributed by atoms with Crippen molar-refractivity contribution in [3.8, 4) is 0 Å². The van der Waals surface area contributed by atoms with Gasteiger partial charge in [0.25, 0.3) is 0 Å². The zero-order valence-corrected chi connectivity index (χ0v) is 13.5. The fourth-order valence-electron chi connectivity index (χ4n) is 2.38. The molecule has 122 valence electrons. The van der Waals surface area contributed by atoms with E-state index in [2.05, 4.69) is 5.32 Å². The minimum absolute atomic E-state index is 0.0295. The summed E-state index contributed by atoms with van der Waals surface area (Å²) in [6, 6.07) is 13.1. The molecule has 0 aromatic heterocycles. The molecule has 0 heterocycles. The fraction of sp³-hybridized carbons (Fsp3) is 0.333. The normalized spacial score (nSPS) is 12.7. The topological polar surface area (TPSA) is 75.6 Å². The summed E-state index contributed by atoms with van der Waals surface area (Å²) in [5.74, 6) is -1.83. The number of aliphatic carboxylic acids is 1. The molecule has 0 aliphatic carbocycles. The van der Waals surface area contributed by atoms with Gasteiger partial charge >= 0.3 is 12.1 Å². The maximum Gasteiger partial charge on any atom is 0.407 e. The van der Waals surface area contributed by atoms with E-state index < -0.39 is 23.6 Å². The van der Waals surface area contributed by atoms with Crippen LogP contribution in [0.15, 0.2) is 42.5 Å². The lowest BCUT2D eigenvalue weighted by Gasteiger charge is -2.21. The van der Waals surface area contributed by atoms with E-state index in [0.717, 1.165) is 10.8 Å². The molecular weight excluding hydrogens is 294 g/mol. The van der Waals surface area contributed by atoms with Gasteiger partial charge in [0.1, 0.15) is 5.60 Å². The maximum atomic E-state index is 11.8. The number of carboxylic acids is 1. The molecule has 1 atom stereocenters. The molecule has 2 aromatic carbocycles. The van der Waals surface area contributed by atoms with Crippen LogP contribution in [0.5, 0.6) is 0 Å². The number of alkyl carbamates (subject to hydrolysis) is 1. The molecule has 2 rings (SSSR count). The molecule has 0 aliphatic heterocycles. The van der Waals surface area contributed by atoms with Crippen LogP contribution in [-0.2, 0) is 9.53 Å². The van der Waals surface area contributed by atoms with Gasteiger partial charge in [0.15, 0.2) is 0 Å². The molecule has 2 aromatic rings. The maximum absolute atomic E-state index is 11.8. The Hall–Kier alpha value is -2.56. The Labute approximate surface area is 135 Å². The van der Waals surface area contributed by atoms with E-state index in [1.807, 2.05) is 36.4 Å². The van der Waals surface area contributed by atoms with Crippen LogP contribution >= 0.6 is 0 Å². The lowest BCUT2D eigenvalue weighted by molar-refractivity contribution is -0.138. The third-order valence-corrected chi connectivity index (χ3v) is 3.35. The van der Waals surface area contributed by atoms with Crippen molar-refractivity contribution in [2.75, 3.05) is 6.54 Å². The fourth-order valence-corrected chi connectivity index (χ4v) is 2.38. The van der Waals surface area contributed by atoms with E-state index in [9.17, 15) is 14.7 Å². The predicted molar refractivity (Wildman–Crippen MR) is 88.6 cm³/mol. The van der Waals surface area contributed by atoms with Gasteiger partial charge in [-0.25, -0.2) is 4.79 Å². The number of hydrogen-bond acceptors (Lipinski definition) is 3. The average molecular weight is 315 g/mol. The van der Waals surface area contributed by atoms with Crippen LogP contribution in [0.1, 0.15) is 32.3 Å². The Bertz CT molecular complexity index is 713. The minimum atomic E-state index is -0.989. The number of nitrogens with one attached hydrogen (secondary N) is 1. The van der Waals surface area contributed by atoms with Crippen molar-refractivity contribution < 1.29 is 19.4 Å². The molecule has 2 N–H and O–H groups in total. The first-order valence-corrected chi connectivity index (χ1v) is 7.45. The van der Waals surface area contributed by atoms with Gasteiger partial charge in [0, 0.05) is 6.54 Å². The van der Waals surface area contributed by atoms with Gasteiger partial charge in [-0.3, -0.25) is 4.79 Å². The molecule has 0 bridgehead atoms. The summed E-state index contributed by atoms with van der Waals surface area (Å²) in [5, 5.41) is 13.9. The van der Waals surface area contributed by atoms with Crippen LogP contribution in [0, 0.1) is 0 Å². The summed E-state index contributed by atoms with van der Waals surface area (Å²) in [5.41, 5.74) is 0.0501. The first kappa shape index (κ1) is 16.8. The Morgan fingerprint density at radius 2 is 1.78 bits per heavy atom. The number of benzene rings is 2. The SMILES string of the molecule is CC(C)(C)OC(=O)NC[C@H](C(=O)O)c1cccc2ccccc12. The Morgan fingerprint density at radius 1 is 1.13 bits per heavy atom. The van der Waals surface area contributed by atoms with Gasteiger partial charge in [-0.1, -0.05) is 42.5 Å². The number of rotatable bonds is 4. The third kappa shape index (κ3) is 4.45. The molecule has 1 amide bonds. The number of fused-ring (bicyclic) bond motifs is 1. The van der Waals surface area contributed by atoms with Crippen LogP contribution < -0.4 is 5.32 Å². The van der Waals surface area contributed by atoms with Crippen LogP contribution in [-0.4, -0.2) is 29.3 Å². The first-order chi connectivity index (χ1) is 10.8. The van der Waals surface area contributed by atoms with E-state index in [-0.39, 0.29) is 6.54 Å². The smallest absolute Gasteiger partial charge is 0.407 e. The third-order valence-electron chi connectivity index (χ3n) is 3.35. The summed E-state index contributed by atoms with van der Waals surface area (Å²) in [6.45, 7) is 5.24. The number of amides is 1. The summed E-state index contributed by atoms with van der Waals surface area (Å²) in [7, 11) is 0.